The van der Waals surface area contributed by atoms with Crippen LogP contribution in [0.25, 0.3) is 0 Å². The Labute approximate surface area is 121 Å². The second kappa shape index (κ2) is 7.07. The lowest BCUT2D eigenvalue weighted by atomic mass is 10.0. The van der Waals surface area contributed by atoms with E-state index >= 15 is 0 Å². The monoisotopic (exact) mass is 278 g/mol. The molecule has 2 atom stereocenters. The summed E-state index contributed by atoms with van der Waals surface area (Å²) in [6.45, 7) is 7.67. The molecule has 0 saturated carbocycles. The lowest BCUT2D eigenvalue weighted by Gasteiger charge is -2.19. The molecule has 20 heavy (non-hydrogen) atoms. The first-order chi connectivity index (χ1) is 9.63. The Hall–Kier alpha value is -1.10. The third-order valence-corrected chi connectivity index (χ3v) is 3.87. The predicted molar refractivity (Wildman–Crippen MR) is 80.9 cm³/mol. The molecule has 1 saturated heterocycles. The van der Waals surface area contributed by atoms with Crippen molar-refractivity contribution in [3.63, 3.8) is 0 Å². The first-order valence-electron chi connectivity index (χ1n) is 7.40. The van der Waals surface area contributed by atoms with Crippen LogP contribution in [-0.2, 0) is 11.3 Å². The minimum absolute atomic E-state index is 0.0507. The third-order valence-electron chi connectivity index (χ3n) is 3.87. The van der Waals surface area contributed by atoms with E-state index in [9.17, 15) is 0 Å². The van der Waals surface area contributed by atoms with E-state index in [0.29, 0.717) is 12.7 Å². The summed E-state index contributed by atoms with van der Waals surface area (Å²) in [6.07, 6.45) is 1.47. The molecule has 1 fully saturated rings. The summed E-state index contributed by atoms with van der Waals surface area (Å²) in [6, 6.07) is 6.33. The molecule has 1 heterocycles. The molecule has 0 amide bonds. The van der Waals surface area contributed by atoms with Gasteiger partial charge >= 0.3 is 0 Å². The topological polar surface area (TPSA) is 47.7 Å². The van der Waals surface area contributed by atoms with Crippen LogP contribution < -0.4 is 10.5 Å². The van der Waals surface area contributed by atoms with Crippen molar-refractivity contribution in [3.05, 3.63) is 29.3 Å². The second-order valence-corrected chi connectivity index (χ2v) is 5.47. The lowest BCUT2D eigenvalue weighted by Crippen LogP contribution is -2.23. The predicted octanol–water partition coefficient (Wildman–Crippen LogP) is 2.33. The van der Waals surface area contributed by atoms with Gasteiger partial charge < -0.3 is 15.2 Å². The highest BCUT2D eigenvalue weighted by atomic mass is 16.5. The Morgan fingerprint density at radius 2 is 2.25 bits per heavy atom. The van der Waals surface area contributed by atoms with Crippen molar-refractivity contribution >= 4 is 0 Å². The Balaban J connectivity index is 2.13. The number of benzene rings is 1. The van der Waals surface area contributed by atoms with Gasteiger partial charge in [-0.3, -0.25) is 4.90 Å². The van der Waals surface area contributed by atoms with Crippen LogP contribution in [0.2, 0.25) is 0 Å². The van der Waals surface area contributed by atoms with E-state index in [2.05, 4.69) is 17.0 Å². The Morgan fingerprint density at radius 3 is 2.85 bits per heavy atom. The van der Waals surface area contributed by atoms with E-state index in [1.54, 1.807) is 7.11 Å². The highest BCUT2D eigenvalue weighted by Gasteiger charge is 2.23. The van der Waals surface area contributed by atoms with E-state index in [1.165, 1.54) is 5.56 Å². The van der Waals surface area contributed by atoms with Crippen LogP contribution in [0.4, 0.5) is 0 Å². The number of nitrogens with two attached hydrogens (primary N) is 1. The van der Waals surface area contributed by atoms with Crippen LogP contribution >= 0.6 is 0 Å². The van der Waals surface area contributed by atoms with Crippen molar-refractivity contribution in [1.82, 2.24) is 4.90 Å². The molecule has 4 heteroatoms. The van der Waals surface area contributed by atoms with Gasteiger partial charge in [-0.25, -0.2) is 0 Å². The highest BCUT2D eigenvalue weighted by molar-refractivity contribution is 5.38. The summed E-state index contributed by atoms with van der Waals surface area (Å²) < 4.78 is 11.2. The number of methoxy groups -OCH3 is 1. The van der Waals surface area contributed by atoms with Crippen LogP contribution in [0.3, 0.4) is 0 Å². The van der Waals surface area contributed by atoms with Crippen molar-refractivity contribution in [2.45, 2.75) is 39.0 Å². The molecule has 0 aliphatic carbocycles. The van der Waals surface area contributed by atoms with Gasteiger partial charge in [0.05, 0.1) is 12.7 Å². The van der Waals surface area contributed by atoms with Crippen LogP contribution in [0.5, 0.6) is 5.75 Å². The summed E-state index contributed by atoms with van der Waals surface area (Å²) in [7, 11) is 1.79. The summed E-state index contributed by atoms with van der Waals surface area (Å²) in [5, 5.41) is 0. The number of rotatable bonds is 6. The van der Waals surface area contributed by atoms with Crippen molar-refractivity contribution in [1.29, 1.82) is 0 Å². The fourth-order valence-corrected chi connectivity index (χ4v) is 2.68. The molecule has 112 valence electrons. The largest absolute Gasteiger partial charge is 0.494 e. The Bertz CT molecular complexity index is 434. The number of ether oxygens (including phenoxy) is 2. The number of hydrogen-bond acceptors (Lipinski definition) is 4. The van der Waals surface area contributed by atoms with Crippen LogP contribution in [0.1, 0.15) is 37.4 Å². The molecule has 1 aliphatic rings. The third kappa shape index (κ3) is 3.72. The van der Waals surface area contributed by atoms with Gasteiger partial charge in [-0.1, -0.05) is 6.07 Å². The summed E-state index contributed by atoms with van der Waals surface area (Å²) in [5.74, 6) is 0.970. The van der Waals surface area contributed by atoms with Crippen molar-refractivity contribution < 1.29 is 9.47 Å². The van der Waals surface area contributed by atoms with Crippen LogP contribution in [-0.4, -0.2) is 37.8 Å². The smallest absolute Gasteiger partial charge is 0.123 e. The molecule has 2 rings (SSSR count). The summed E-state index contributed by atoms with van der Waals surface area (Å²) in [5.41, 5.74) is 8.36. The van der Waals surface area contributed by atoms with Gasteiger partial charge in [0.2, 0.25) is 0 Å². The fraction of sp³-hybridized carbons (Fsp3) is 0.625. The van der Waals surface area contributed by atoms with Gasteiger partial charge in [0.1, 0.15) is 5.75 Å². The minimum Gasteiger partial charge on any atom is -0.494 e. The zero-order valence-electron chi connectivity index (χ0n) is 12.8. The van der Waals surface area contributed by atoms with E-state index in [-0.39, 0.29) is 6.04 Å². The molecular formula is C16H26N2O2. The van der Waals surface area contributed by atoms with E-state index in [0.717, 1.165) is 37.4 Å². The van der Waals surface area contributed by atoms with Gasteiger partial charge in [-0.2, -0.15) is 0 Å². The summed E-state index contributed by atoms with van der Waals surface area (Å²) in [4.78, 5) is 2.41. The molecule has 0 bridgehead atoms. The maximum absolute atomic E-state index is 5.98. The van der Waals surface area contributed by atoms with Crippen molar-refractivity contribution in [2.24, 2.45) is 5.73 Å². The second-order valence-electron chi connectivity index (χ2n) is 5.47. The quantitative estimate of drug-likeness (QED) is 0.867. The SMILES string of the molecule is CCOc1ccc(C(C)N)cc1CN1CCC(OC)C1. The van der Waals surface area contributed by atoms with Crippen molar-refractivity contribution in [3.8, 4) is 5.75 Å². The van der Waals surface area contributed by atoms with Gasteiger partial charge in [0.25, 0.3) is 0 Å². The molecule has 0 radical (unpaired) electrons. The molecular weight excluding hydrogens is 252 g/mol. The Kier molecular flexibility index (Phi) is 5.40. The molecule has 1 aliphatic heterocycles. The first-order valence-corrected chi connectivity index (χ1v) is 7.40. The van der Waals surface area contributed by atoms with E-state index in [1.807, 2.05) is 19.9 Å². The summed E-state index contributed by atoms with van der Waals surface area (Å²) >= 11 is 0. The zero-order valence-corrected chi connectivity index (χ0v) is 12.8. The molecule has 4 nitrogen and oxygen atoms in total. The molecule has 2 N–H and O–H groups in total. The standard InChI is InChI=1S/C16H26N2O2/c1-4-20-16-6-5-13(12(2)17)9-14(16)10-18-8-7-15(11-18)19-3/h5-6,9,12,15H,4,7-8,10-11,17H2,1-3H3. The first kappa shape index (κ1) is 15.3. The van der Waals surface area contributed by atoms with E-state index in [4.69, 9.17) is 15.2 Å². The fourth-order valence-electron chi connectivity index (χ4n) is 2.68. The van der Waals surface area contributed by atoms with Crippen LogP contribution in [0, 0.1) is 0 Å². The molecule has 1 aromatic rings. The van der Waals surface area contributed by atoms with Gasteiger partial charge in [0.15, 0.2) is 0 Å². The highest BCUT2D eigenvalue weighted by Crippen LogP contribution is 2.26. The maximum Gasteiger partial charge on any atom is 0.123 e. The van der Waals surface area contributed by atoms with Gasteiger partial charge in [0, 0.05) is 38.3 Å². The number of likely N-dealkylation sites (tertiary alicyclic amines) is 1. The number of hydrogen-bond donors (Lipinski definition) is 1. The van der Waals surface area contributed by atoms with Gasteiger partial charge in [-0.05, 0) is 38.0 Å². The van der Waals surface area contributed by atoms with E-state index < -0.39 is 0 Å². The average molecular weight is 278 g/mol. The Morgan fingerprint density at radius 1 is 1.45 bits per heavy atom. The lowest BCUT2D eigenvalue weighted by molar-refractivity contribution is 0.107. The molecule has 1 aromatic carbocycles. The minimum atomic E-state index is 0.0507. The zero-order chi connectivity index (χ0) is 14.5. The average Bonchev–Trinajstić information content (AvgIpc) is 2.88. The van der Waals surface area contributed by atoms with Gasteiger partial charge in [-0.15, -0.1) is 0 Å². The molecule has 0 spiro atoms. The normalized spacial score (nSPS) is 21.1. The van der Waals surface area contributed by atoms with Crippen LogP contribution in [0.15, 0.2) is 18.2 Å². The van der Waals surface area contributed by atoms with Crippen molar-refractivity contribution in [2.75, 3.05) is 26.8 Å². The number of nitrogens with zero attached hydrogens (tertiary/aromatic N) is 1. The molecule has 2 unspecified atom stereocenters. The maximum atomic E-state index is 5.98. The molecule has 0 aromatic heterocycles.